The number of hydrogen-bond donors (Lipinski definition) is 2. The fraction of sp³-hybridized carbons (Fsp3) is 0.455. The van der Waals surface area contributed by atoms with Gasteiger partial charge in [-0.05, 0) is 23.5 Å². The molecule has 1 aromatic carbocycles. The first-order valence-electron chi connectivity index (χ1n) is 10.3. The first-order valence-corrected chi connectivity index (χ1v) is 10.3. The Kier molecular flexibility index (Phi) is 6.24. The van der Waals surface area contributed by atoms with E-state index in [9.17, 15) is 19.5 Å². The summed E-state index contributed by atoms with van der Waals surface area (Å²) in [7, 11) is 0. The molecule has 3 rings (SSSR count). The Morgan fingerprint density at radius 1 is 1.27 bits per heavy atom. The minimum atomic E-state index is -0.705. The summed E-state index contributed by atoms with van der Waals surface area (Å²) in [5.41, 5.74) is 0.944. The average molecular weight is 412 g/mol. The third-order valence-corrected chi connectivity index (χ3v) is 5.42. The number of aromatic hydroxyl groups is 1. The molecule has 8 nitrogen and oxygen atoms in total. The van der Waals surface area contributed by atoms with Crippen LogP contribution < -0.4 is 11.2 Å². The lowest BCUT2D eigenvalue weighted by Gasteiger charge is -2.21. The molecule has 0 spiro atoms. The lowest BCUT2D eigenvalue weighted by Crippen LogP contribution is -2.33. The van der Waals surface area contributed by atoms with Gasteiger partial charge in [0.2, 0.25) is 11.8 Å². The maximum atomic E-state index is 12.5. The first kappa shape index (κ1) is 21.5. The van der Waals surface area contributed by atoms with Crippen molar-refractivity contribution in [3.8, 4) is 5.88 Å². The average Bonchev–Trinajstić information content (AvgIpc) is 3.13. The molecule has 30 heavy (non-hydrogen) atoms. The van der Waals surface area contributed by atoms with E-state index in [0.717, 1.165) is 16.6 Å². The van der Waals surface area contributed by atoms with Gasteiger partial charge in [-0.15, -0.1) is 0 Å². The molecule has 1 aromatic heterocycles. The summed E-state index contributed by atoms with van der Waals surface area (Å²) in [6.45, 7) is 7.88. The molecule has 0 bridgehead atoms. The number of rotatable bonds is 6. The van der Waals surface area contributed by atoms with E-state index in [0.29, 0.717) is 12.3 Å². The van der Waals surface area contributed by atoms with Crippen LogP contribution in [0.3, 0.4) is 0 Å². The van der Waals surface area contributed by atoms with Crippen LogP contribution in [-0.4, -0.2) is 31.3 Å². The maximum Gasteiger partial charge on any atom is 0.331 e. The van der Waals surface area contributed by atoms with E-state index in [1.807, 2.05) is 31.2 Å². The van der Waals surface area contributed by atoms with Crippen LogP contribution in [0.5, 0.6) is 5.88 Å². The van der Waals surface area contributed by atoms with E-state index in [4.69, 9.17) is 0 Å². The van der Waals surface area contributed by atoms with Crippen LogP contribution in [0, 0.1) is 0 Å². The highest BCUT2D eigenvalue weighted by molar-refractivity contribution is 6.04. The molecule has 160 valence electrons. The van der Waals surface area contributed by atoms with E-state index in [-0.39, 0.29) is 36.2 Å². The molecular formula is C22H28N4O4. The Labute approximate surface area is 174 Å². The standard InChI is InChI=1S/C22H28N4O4/c1-5-6-11-25-21(29)19(20(28)23-22(25)30)17-12-18(26(24-17)14(4)27)16-9-7-15(8-10-16)13(2)3/h7-10,13,18,29H,5-6,11-12H2,1-4H3,(H,23,28,30)/t18-/m0/s1. The van der Waals surface area contributed by atoms with Gasteiger partial charge in [-0.2, -0.15) is 5.10 Å². The molecule has 2 heterocycles. The van der Waals surface area contributed by atoms with Crippen molar-refractivity contribution in [2.45, 2.75) is 65.5 Å². The van der Waals surface area contributed by atoms with Gasteiger partial charge < -0.3 is 5.11 Å². The largest absolute Gasteiger partial charge is 0.494 e. The number of unbranched alkanes of at least 4 members (excludes halogenated alkanes) is 1. The quantitative estimate of drug-likeness (QED) is 0.760. The number of hydrazone groups is 1. The van der Waals surface area contributed by atoms with Crippen molar-refractivity contribution in [2.75, 3.05) is 0 Å². The molecule has 1 atom stereocenters. The van der Waals surface area contributed by atoms with Crippen molar-refractivity contribution in [1.82, 2.24) is 14.6 Å². The van der Waals surface area contributed by atoms with Gasteiger partial charge in [-0.25, -0.2) is 9.80 Å². The number of carbonyl (C=O) groups excluding carboxylic acids is 1. The van der Waals surface area contributed by atoms with Gasteiger partial charge in [-0.1, -0.05) is 51.5 Å². The van der Waals surface area contributed by atoms with Gasteiger partial charge in [0, 0.05) is 19.9 Å². The van der Waals surface area contributed by atoms with Crippen molar-refractivity contribution in [2.24, 2.45) is 5.10 Å². The van der Waals surface area contributed by atoms with Crippen molar-refractivity contribution in [1.29, 1.82) is 0 Å². The highest BCUT2D eigenvalue weighted by Gasteiger charge is 2.34. The Balaban J connectivity index is 2.02. The van der Waals surface area contributed by atoms with Crippen LogP contribution in [0.25, 0.3) is 0 Å². The van der Waals surface area contributed by atoms with Crippen LogP contribution in [0.2, 0.25) is 0 Å². The predicted molar refractivity (Wildman–Crippen MR) is 115 cm³/mol. The first-order chi connectivity index (χ1) is 14.2. The Morgan fingerprint density at radius 2 is 1.93 bits per heavy atom. The van der Waals surface area contributed by atoms with Crippen molar-refractivity contribution >= 4 is 11.6 Å². The topological polar surface area (TPSA) is 108 Å². The summed E-state index contributed by atoms with van der Waals surface area (Å²) in [5, 5.41) is 16.4. The molecule has 8 heteroatoms. The number of aromatic nitrogens is 2. The summed E-state index contributed by atoms with van der Waals surface area (Å²) < 4.78 is 1.14. The molecule has 2 N–H and O–H groups in total. The lowest BCUT2D eigenvalue weighted by atomic mass is 9.96. The van der Waals surface area contributed by atoms with Gasteiger partial charge in [-0.3, -0.25) is 19.1 Å². The number of hydrogen-bond acceptors (Lipinski definition) is 5. The zero-order valence-corrected chi connectivity index (χ0v) is 17.8. The summed E-state index contributed by atoms with van der Waals surface area (Å²) in [6.07, 6.45) is 1.77. The van der Waals surface area contributed by atoms with Gasteiger partial charge in [0.25, 0.3) is 5.56 Å². The fourth-order valence-corrected chi connectivity index (χ4v) is 3.66. The Morgan fingerprint density at radius 3 is 2.50 bits per heavy atom. The third kappa shape index (κ3) is 4.08. The lowest BCUT2D eigenvalue weighted by molar-refractivity contribution is -0.130. The number of amides is 1. The number of nitrogens with zero attached hydrogens (tertiary/aromatic N) is 3. The zero-order valence-electron chi connectivity index (χ0n) is 17.8. The van der Waals surface area contributed by atoms with Gasteiger partial charge in [0.05, 0.1) is 11.8 Å². The molecule has 1 aliphatic heterocycles. The molecule has 0 saturated heterocycles. The summed E-state index contributed by atoms with van der Waals surface area (Å²) >= 11 is 0. The van der Waals surface area contributed by atoms with Crippen LogP contribution in [0.15, 0.2) is 39.0 Å². The molecule has 1 amide bonds. The van der Waals surface area contributed by atoms with Gasteiger partial charge >= 0.3 is 5.69 Å². The molecule has 0 radical (unpaired) electrons. The van der Waals surface area contributed by atoms with E-state index >= 15 is 0 Å². The van der Waals surface area contributed by atoms with Gasteiger partial charge in [0.1, 0.15) is 5.56 Å². The number of carbonyl (C=O) groups is 1. The molecule has 0 saturated carbocycles. The van der Waals surface area contributed by atoms with Crippen LogP contribution in [0.1, 0.15) is 75.6 Å². The van der Waals surface area contributed by atoms with E-state index in [2.05, 4.69) is 23.9 Å². The van der Waals surface area contributed by atoms with Crippen LogP contribution >= 0.6 is 0 Å². The van der Waals surface area contributed by atoms with E-state index in [1.54, 1.807) is 0 Å². The SMILES string of the molecule is CCCCn1c(O)c(C2=NN(C(C)=O)[C@H](c3ccc(C(C)C)cc3)C2)c(=O)[nH]c1=O. The second kappa shape index (κ2) is 8.69. The normalized spacial score (nSPS) is 16.2. The Bertz CT molecular complexity index is 1080. The van der Waals surface area contributed by atoms with Crippen LogP contribution in [-0.2, 0) is 11.3 Å². The molecule has 0 aliphatic carbocycles. The van der Waals surface area contributed by atoms with Crippen molar-refractivity contribution in [3.05, 3.63) is 61.8 Å². The smallest absolute Gasteiger partial charge is 0.331 e. The number of benzene rings is 1. The van der Waals surface area contributed by atoms with Crippen molar-refractivity contribution in [3.63, 3.8) is 0 Å². The fourth-order valence-electron chi connectivity index (χ4n) is 3.66. The predicted octanol–water partition coefficient (Wildman–Crippen LogP) is 2.86. The molecule has 0 unspecified atom stereocenters. The molecule has 2 aromatic rings. The summed E-state index contributed by atoms with van der Waals surface area (Å²) in [4.78, 5) is 39.1. The highest BCUT2D eigenvalue weighted by atomic mass is 16.3. The van der Waals surface area contributed by atoms with Crippen LogP contribution in [0.4, 0.5) is 0 Å². The zero-order chi connectivity index (χ0) is 22.0. The minimum absolute atomic E-state index is 0.0572. The number of H-pyrrole nitrogens is 1. The second-order valence-electron chi connectivity index (χ2n) is 7.91. The van der Waals surface area contributed by atoms with Crippen molar-refractivity contribution < 1.29 is 9.90 Å². The third-order valence-electron chi connectivity index (χ3n) is 5.42. The summed E-state index contributed by atoms with van der Waals surface area (Å²) in [6, 6.07) is 7.58. The highest BCUT2D eigenvalue weighted by Crippen LogP contribution is 2.34. The summed E-state index contributed by atoms with van der Waals surface area (Å²) in [5.74, 6) is -0.286. The van der Waals surface area contributed by atoms with Gasteiger partial charge in [0.15, 0.2) is 0 Å². The minimum Gasteiger partial charge on any atom is -0.494 e. The second-order valence-corrected chi connectivity index (χ2v) is 7.91. The van der Waals surface area contributed by atoms with E-state index < -0.39 is 17.1 Å². The maximum absolute atomic E-state index is 12.5. The number of aromatic amines is 1. The monoisotopic (exact) mass is 412 g/mol. The Hall–Kier alpha value is -3.16. The molecule has 1 aliphatic rings. The molecule has 0 fully saturated rings. The van der Waals surface area contributed by atoms with E-state index in [1.165, 1.54) is 17.5 Å². The number of nitrogens with one attached hydrogen (secondary N) is 1. The molecular weight excluding hydrogens is 384 g/mol.